The first-order chi connectivity index (χ1) is 10.3. The van der Waals surface area contributed by atoms with E-state index in [2.05, 4.69) is 25.1 Å². The van der Waals surface area contributed by atoms with Gasteiger partial charge in [-0.25, -0.2) is 9.59 Å². The van der Waals surface area contributed by atoms with Crippen LogP contribution in [0.5, 0.6) is 0 Å². The number of rotatable bonds is 6. The van der Waals surface area contributed by atoms with Gasteiger partial charge in [0.05, 0.1) is 0 Å². The lowest BCUT2D eigenvalue weighted by atomic mass is 10.2. The number of carbonyl (C=O) groups is 3. The summed E-state index contributed by atoms with van der Waals surface area (Å²) in [4.78, 5) is 29.2. The van der Waals surface area contributed by atoms with Crippen LogP contribution in [-0.2, 0) is 24.5 Å². The topological polar surface area (TPSA) is 158 Å². The summed E-state index contributed by atoms with van der Waals surface area (Å²) in [6.07, 6.45) is 2.70. The molecular weight excluding hydrogens is 330 g/mol. The molecule has 0 bridgehead atoms. The molecule has 0 heterocycles. The molecule has 0 aromatic rings. The molecule has 0 fully saturated rings. The van der Waals surface area contributed by atoms with Crippen molar-refractivity contribution < 1.29 is 37.6 Å². The van der Waals surface area contributed by atoms with Gasteiger partial charge < -0.3 is 15.5 Å². The zero-order chi connectivity index (χ0) is 19.2. The molecule has 0 spiro atoms. The highest BCUT2D eigenvalue weighted by molar-refractivity contribution is 7.86. The number of aliphatic carboxylic acids is 2. The van der Waals surface area contributed by atoms with Crippen molar-refractivity contribution in [3.63, 3.8) is 0 Å². The Hall–Kier alpha value is -2.46. The van der Waals surface area contributed by atoms with Gasteiger partial charge in [-0.3, -0.25) is 9.35 Å². The van der Waals surface area contributed by atoms with Gasteiger partial charge in [0.15, 0.2) is 0 Å². The Morgan fingerprint density at radius 3 is 1.43 bits per heavy atom. The first-order valence-corrected chi connectivity index (χ1v) is 7.43. The molecule has 132 valence electrons. The Bertz CT molecular complexity index is 520. The predicted octanol–water partition coefficient (Wildman–Crippen LogP) is 0.467. The summed E-state index contributed by atoms with van der Waals surface area (Å²) in [5.41, 5.74) is 0. The molecule has 0 aliphatic carbocycles. The molecule has 0 aromatic carbocycles. The Labute approximate surface area is 134 Å². The summed E-state index contributed by atoms with van der Waals surface area (Å²) in [5.74, 6) is -2.43. The van der Waals surface area contributed by atoms with E-state index in [0.29, 0.717) is 0 Å². The van der Waals surface area contributed by atoms with E-state index in [9.17, 15) is 22.8 Å². The molecular formula is C13H21NO8S. The first kappa shape index (κ1) is 25.5. The van der Waals surface area contributed by atoms with Crippen LogP contribution in [0.25, 0.3) is 0 Å². The van der Waals surface area contributed by atoms with Crippen molar-refractivity contribution in [1.82, 2.24) is 5.32 Å². The number of nitrogens with one attached hydrogen (secondary N) is 1. The highest BCUT2D eigenvalue weighted by Gasteiger charge is 2.24. The molecule has 10 heteroatoms. The molecule has 0 aliphatic heterocycles. The van der Waals surface area contributed by atoms with Gasteiger partial charge in [-0.05, 0) is 19.9 Å². The van der Waals surface area contributed by atoms with E-state index in [1.54, 1.807) is 0 Å². The maximum atomic E-state index is 10.7. The molecule has 4 N–H and O–H groups in total. The monoisotopic (exact) mass is 351 g/mol. The smallest absolute Gasteiger partial charge is 0.327 e. The van der Waals surface area contributed by atoms with Gasteiger partial charge in [-0.2, -0.15) is 8.42 Å². The Kier molecular flexibility index (Phi) is 14.7. The van der Waals surface area contributed by atoms with Crippen LogP contribution in [0.3, 0.4) is 0 Å². The molecule has 23 heavy (non-hydrogen) atoms. The molecule has 2 atom stereocenters. The molecule has 0 aliphatic rings. The molecule has 0 aromatic heterocycles. The molecule has 2 unspecified atom stereocenters. The molecule has 9 nitrogen and oxygen atoms in total. The summed E-state index contributed by atoms with van der Waals surface area (Å²) >= 11 is 0. The van der Waals surface area contributed by atoms with Crippen molar-refractivity contribution in [3.8, 4) is 0 Å². The van der Waals surface area contributed by atoms with Crippen molar-refractivity contribution in [3.05, 3.63) is 38.0 Å². The van der Waals surface area contributed by atoms with Crippen LogP contribution in [0.1, 0.15) is 13.8 Å². The lowest BCUT2D eigenvalue weighted by Gasteiger charge is -2.17. The van der Waals surface area contributed by atoms with Crippen LogP contribution in [0.15, 0.2) is 38.0 Å². The highest BCUT2D eigenvalue weighted by atomic mass is 32.2. The highest BCUT2D eigenvalue weighted by Crippen LogP contribution is 2.03. The number of carboxylic acid groups (broad SMARTS) is 2. The minimum Gasteiger partial charge on any atom is -0.478 e. The van der Waals surface area contributed by atoms with Crippen LogP contribution >= 0.6 is 0 Å². The van der Waals surface area contributed by atoms with Crippen LogP contribution in [0.4, 0.5) is 0 Å². The number of hydrogen-bond acceptors (Lipinski definition) is 5. The van der Waals surface area contributed by atoms with Crippen LogP contribution in [-0.4, -0.2) is 52.3 Å². The van der Waals surface area contributed by atoms with Crippen LogP contribution in [0, 0.1) is 0 Å². The first-order valence-electron chi connectivity index (χ1n) is 5.93. The van der Waals surface area contributed by atoms with Crippen molar-refractivity contribution >= 4 is 28.0 Å². The zero-order valence-electron chi connectivity index (χ0n) is 12.8. The fraction of sp³-hybridized carbons (Fsp3) is 0.308. The largest absolute Gasteiger partial charge is 0.478 e. The average molecular weight is 351 g/mol. The summed E-state index contributed by atoms with van der Waals surface area (Å²) in [6, 6.07) is -0.652. The summed E-state index contributed by atoms with van der Waals surface area (Å²) in [7, 11) is -4.10. The number of amides is 1. The van der Waals surface area contributed by atoms with E-state index in [0.717, 1.165) is 18.2 Å². The minimum atomic E-state index is -4.10. The van der Waals surface area contributed by atoms with E-state index in [4.69, 9.17) is 14.8 Å². The Balaban J connectivity index is -0.000000329. The van der Waals surface area contributed by atoms with E-state index in [1.165, 1.54) is 13.8 Å². The second kappa shape index (κ2) is 13.2. The summed E-state index contributed by atoms with van der Waals surface area (Å²) in [6.45, 7) is 11.9. The van der Waals surface area contributed by atoms with Gasteiger partial charge in [0.25, 0.3) is 10.1 Å². The van der Waals surface area contributed by atoms with Crippen molar-refractivity contribution in [2.45, 2.75) is 25.1 Å². The number of carboxylic acids is 2. The molecule has 0 radical (unpaired) electrons. The third-order valence-electron chi connectivity index (χ3n) is 2.08. The normalized spacial score (nSPS) is 11.8. The predicted molar refractivity (Wildman–Crippen MR) is 84.5 cm³/mol. The van der Waals surface area contributed by atoms with Gasteiger partial charge in [0.1, 0.15) is 5.25 Å². The van der Waals surface area contributed by atoms with E-state index < -0.39 is 39.3 Å². The third kappa shape index (κ3) is 19.5. The number of carbonyl (C=O) groups excluding carboxylic acids is 1. The quantitative estimate of drug-likeness (QED) is 0.397. The fourth-order valence-corrected chi connectivity index (χ4v) is 1.24. The molecule has 0 saturated heterocycles. The lowest BCUT2D eigenvalue weighted by Crippen LogP contribution is -2.42. The van der Waals surface area contributed by atoms with Crippen LogP contribution < -0.4 is 5.32 Å². The van der Waals surface area contributed by atoms with Gasteiger partial charge in [-0.1, -0.05) is 19.7 Å². The summed E-state index contributed by atoms with van der Waals surface area (Å²) < 4.78 is 29.9. The minimum absolute atomic E-state index is 0.469. The summed E-state index contributed by atoms with van der Waals surface area (Å²) in [5, 5.41) is 16.5. The number of hydrogen-bond donors (Lipinski definition) is 4. The maximum absolute atomic E-state index is 10.7. The van der Waals surface area contributed by atoms with Crippen molar-refractivity contribution in [2.24, 2.45) is 0 Å². The van der Waals surface area contributed by atoms with E-state index >= 15 is 0 Å². The van der Waals surface area contributed by atoms with Crippen molar-refractivity contribution in [2.75, 3.05) is 0 Å². The molecule has 0 rings (SSSR count). The fourth-order valence-electron chi connectivity index (χ4n) is 0.659. The average Bonchev–Trinajstić information content (AvgIpc) is 2.46. The van der Waals surface area contributed by atoms with E-state index in [-0.39, 0.29) is 0 Å². The SMILES string of the molecule is C=CC(=O)NC(C)C(C)S(=O)(=O)O.C=CC(=O)O.C=CC(=O)O. The third-order valence-corrected chi connectivity index (χ3v) is 3.43. The molecule has 1 amide bonds. The second-order valence-corrected chi connectivity index (χ2v) is 5.58. The van der Waals surface area contributed by atoms with Gasteiger partial charge in [-0.15, -0.1) is 0 Å². The van der Waals surface area contributed by atoms with Gasteiger partial charge in [0, 0.05) is 18.2 Å². The van der Waals surface area contributed by atoms with E-state index in [1.807, 2.05) is 0 Å². The lowest BCUT2D eigenvalue weighted by molar-refractivity contribution is -0.132. The molecule has 0 saturated carbocycles. The van der Waals surface area contributed by atoms with Crippen LogP contribution in [0.2, 0.25) is 0 Å². The van der Waals surface area contributed by atoms with Crippen molar-refractivity contribution in [1.29, 1.82) is 0 Å². The standard InChI is InChI=1S/C7H13NO4S.2C3H4O2/c1-4-7(9)8-5(2)6(3)13(10,11)12;2*1-2-3(4)5/h4-6H,1H2,2-3H3,(H,8,9)(H,10,11,12);2*2H,1H2,(H,4,5). The second-order valence-electron chi connectivity index (χ2n) is 3.81. The van der Waals surface area contributed by atoms with Gasteiger partial charge in [0.2, 0.25) is 5.91 Å². The maximum Gasteiger partial charge on any atom is 0.327 e. The Morgan fingerprint density at radius 2 is 1.26 bits per heavy atom. The van der Waals surface area contributed by atoms with Gasteiger partial charge >= 0.3 is 11.9 Å². The Morgan fingerprint density at radius 1 is 0.957 bits per heavy atom. The zero-order valence-corrected chi connectivity index (χ0v) is 13.6.